The van der Waals surface area contributed by atoms with Crippen LogP contribution >= 0.6 is 0 Å². The molecule has 0 saturated heterocycles. The fourth-order valence-corrected chi connectivity index (χ4v) is 1.47. The van der Waals surface area contributed by atoms with Crippen molar-refractivity contribution in [1.29, 1.82) is 0 Å². The zero-order valence-corrected chi connectivity index (χ0v) is 10.5. The predicted molar refractivity (Wildman–Crippen MR) is 65.8 cm³/mol. The summed E-state index contributed by atoms with van der Waals surface area (Å²) in [5.74, 6) is -0.747. The average Bonchev–Trinajstić information content (AvgIpc) is 2.42. The number of carbonyl (C=O) groups is 2. The molecule has 0 saturated carbocycles. The van der Waals surface area contributed by atoms with E-state index in [2.05, 4.69) is 10.1 Å². The zero-order valence-electron chi connectivity index (χ0n) is 10.5. The van der Waals surface area contributed by atoms with Crippen molar-refractivity contribution in [2.75, 3.05) is 20.8 Å². The molecule has 0 fully saturated rings. The van der Waals surface area contributed by atoms with Crippen molar-refractivity contribution in [3.05, 3.63) is 35.9 Å². The zero-order chi connectivity index (χ0) is 13.4. The van der Waals surface area contributed by atoms with Crippen LogP contribution < -0.4 is 5.32 Å². The lowest BCUT2D eigenvalue weighted by Gasteiger charge is -2.16. The second kappa shape index (κ2) is 7.45. The van der Waals surface area contributed by atoms with E-state index in [1.165, 1.54) is 14.2 Å². The van der Waals surface area contributed by atoms with Crippen LogP contribution in [0.3, 0.4) is 0 Å². The van der Waals surface area contributed by atoms with E-state index in [4.69, 9.17) is 4.74 Å². The van der Waals surface area contributed by atoms with Crippen molar-refractivity contribution >= 4 is 11.9 Å². The molecule has 0 aliphatic rings. The lowest BCUT2D eigenvalue weighted by molar-refractivity contribution is -0.145. The SMILES string of the molecule is COCCC(=O)N[C@@H](C(=O)OC)c1ccccc1. The first-order chi connectivity index (χ1) is 8.69. The second-order valence-corrected chi connectivity index (χ2v) is 3.68. The minimum atomic E-state index is -0.777. The third kappa shape index (κ3) is 4.18. The lowest BCUT2D eigenvalue weighted by Crippen LogP contribution is -2.34. The molecule has 5 nitrogen and oxygen atoms in total. The molecule has 0 aliphatic carbocycles. The van der Waals surface area contributed by atoms with Gasteiger partial charge in [0.25, 0.3) is 0 Å². The molecule has 0 bridgehead atoms. The van der Waals surface area contributed by atoms with Crippen LogP contribution in [0.2, 0.25) is 0 Å². The molecule has 1 aromatic rings. The highest BCUT2D eigenvalue weighted by atomic mass is 16.5. The summed E-state index contributed by atoms with van der Waals surface area (Å²) in [7, 11) is 2.81. The summed E-state index contributed by atoms with van der Waals surface area (Å²) < 4.78 is 9.50. The number of ether oxygens (including phenoxy) is 2. The van der Waals surface area contributed by atoms with E-state index in [1.54, 1.807) is 24.3 Å². The van der Waals surface area contributed by atoms with E-state index in [-0.39, 0.29) is 12.3 Å². The Bertz CT molecular complexity index is 391. The van der Waals surface area contributed by atoms with E-state index in [0.717, 1.165) is 0 Å². The number of esters is 1. The summed E-state index contributed by atoms with van der Waals surface area (Å²) in [6.45, 7) is 0.314. The molecule has 0 radical (unpaired) electrons. The summed E-state index contributed by atoms with van der Waals surface area (Å²) in [5, 5.41) is 2.63. The molecule has 0 spiro atoms. The van der Waals surface area contributed by atoms with Gasteiger partial charge in [-0.15, -0.1) is 0 Å². The summed E-state index contributed by atoms with van der Waals surface area (Å²) in [5.41, 5.74) is 0.690. The highest BCUT2D eigenvalue weighted by molar-refractivity contribution is 5.85. The number of benzene rings is 1. The molecule has 0 heterocycles. The van der Waals surface area contributed by atoms with Gasteiger partial charge in [0, 0.05) is 13.5 Å². The van der Waals surface area contributed by atoms with Crippen molar-refractivity contribution in [1.82, 2.24) is 5.32 Å². The van der Waals surface area contributed by atoms with Crippen molar-refractivity contribution in [2.24, 2.45) is 0 Å². The first kappa shape index (κ1) is 14.2. The maximum Gasteiger partial charge on any atom is 0.333 e. The Morgan fingerprint density at radius 3 is 2.44 bits per heavy atom. The Morgan fingerprint density at radius 1 is 1.22 bits per heavy atom. The van der Waals surface area contributed by atoms with Gasteiger partial charge in [-0.2, -0.15) is 0 Å². The number of hydrogen-bond acceptors (Lipinski definition) is 4. The average molecular weight is 251 g/mol. The van der Waals surface area contributed by atoms with Crippen LogP contribution in [0.5, 0.6) is 0 Å². The van der Waals surface area contributed by atoms with Gasteiger partial charge in [0.1, 0.15) is 0 Å². The number of hydrogen-bond donors (Lipinski definition) is 1. The van der Waals surface area contributed by atoms with Gasteiger partial charge in [0.2, 0.25) is 5.91 Å². The summed E-state index contributed by atoms with van der Waals surface area (Å²) in [6.07, 6.45) is 0.205. The quantitative estimate of drug-likeness (QED) is 0.768. The Kier molecular flexibility index (Phi) is 5.87. The minimum absolute atomic E-state index is 0.205. The van der Waals surface area contributed by atoms with Crippen LogP contribution in [0.1, 0.15) is 18.0 Å². The van der Waals surface area contributed by atoms with E-state index >= 15 is 0 Å². The van der Waals surface area contributed by atoms with Gasteiger partial charge in [-0.1, -0.05) is 30.3 Å². The van der Waals surface area contributed by atoms with Gasteiger partial charge in [-0.3, -0.25) is 4.79 Å². The molecule has 0 aliphatic heterocycles. The van der Waals surface area contributed by atoms with E-state index < -0.39 is 12.0 Å². The van der Waals surface area contributed by atoms with Crippen molar-refractivity contribution in [2.45, 2.75) is 12.5 Å². The van der Waals surface area contributed by atoms with Crippen LogP contribution in [-0.4, -0.2) is 32.7 Å². The Labute approximate surface area is 106 Å². The smallest absolute Gasteiger partial charge is 0.333 e. The molecule has 1 amide bonds. The number of nitrogens with one attached hydrogen (secondary N) is 1. The number of methoxy groups -OCH3 is 2. The molecule has 5 heteroatoms. The van der Waals surface area contributed by atoms with Gasteiger partial charge >= 0.3 is 5.97 Å². The van der Waals surface area contributed by atoms with Gasteiger partial charge < -0.3 is 14.8 Å². The van der Waals surface area contributed by atoms with Crippen LogP contribution in [0.4, 0.5) is 0 Å². The molecule has 98 valence electrons. The maximum atomic E-state index is 11.7. The fourth-order valence-electron chi connectivity index (χ4n) is 1.47. The first-order valence-corrected chi connectivity index (χ1v) is 5.60. The highest BCUT2D eigenvalue weighted by Gasteiger charge is 2.22. The monoisotopic (exact) mass is 251 g/mol. The van der Waals surface area contributed by atoms with E-state index in [9.17, 15) is 9.59 Å². The van der Waals surface area contributed by atoms with Gasteiger partial charge in [0.15, 0.2) is 6.04 Å². The fraction of sp³-hybridized carbons (Fsp3) is 0.385. The maximum absolute atomic E-state index is 11.7. The van der Waals surface area contributed by atoms with Crippen molar-refractivity contribution < 1.29 is 19.1 Å². The largest absolute Gasteiger partial charge is 0.467 e. The Hall–Kier alpha value is -1.88. The molecule has 0 unspecified atom stereocenters. The number of rotatable bonds is 6. The Morgan fingerprint density at radius 2 is 1.89 bits per heavy atom. The minimum Gasteiger partial charge on any atom is -0.467 e. The highest BCUT2D eigenvalue weighted by Crippen LogP contribution is 2.14. The molecule has 1 aromatic carbocycles. The molecular formula is C13H17NO4. The van der Waals surface area contributed by atoms with Crippen molar-refractivity contribution in [3.63, 3.8) is 0 Å². The summed E-state index contributed by atoms with van der Waals surface area (Å²) in [6, 6.07) is 8.18. The van der Waals surface area contributed by atoms with Crippen molar-refractivity contribution in [3.8, 4) is 0 Å². The molecule has 1 atom stereocenters. The molecule has 0 aromatic heterocycles. The first-order valence-electron chi connectivity index (χ1n) is 5.60. The van der Waals surface area contributed by atoms with E-state index in [0.29, 0.717) is 12.2 Å². The summed E-state index contributed by atoms with van der Waals surface area (Å²) >= 11 is 0. The Balaban J connectivity index is 2.74. The van der Waals surface area contributed by atoms with Gasteiger partial charge in [-0.25, -0.2) is 4.79 Å². The van der Waals surface area contributed by atoms with Gasteiger partial charge in [0.05, 0.1) is 13.7 Å². The molecule has 18 heavy (non-hydrogen) atoms. The topological polar surface area (TPSA) is 64.6 Å². The normalized spacial score (nSPS) is 11.7. The predicted octanol–water partition coefficient (Wildman–Crippen LogP) is 1.05. The molecule has 1 rings (SSSR count). The molecular weight excluding hydrogens is 234 g/mol. The van der Waals surface area contributed by atoms with Crippen LogP contribution in [-0.2, 0) is 19.1 Å². The van der Waals surface area contributed by atoms with E-state index in [1.807, 2.05) is 6.07 Å². The lowest BCUT2D eigenvalue weighted by atomic mass is 10.1. The summed E-state index contributed by atoms with van der Waals surface area (Å²) in [4.78, 5) is 23.3. The van der Waals surface area contributed by atoms with Crippen LogP contribution in [0.25, 0.3) is 0 Å². The third-order valence-electron chi connectivity index (χ3n) is 2.41. The second-order valence-electron chi connectivity index (χ2n) is 3.68. The number of carbonyl (C=O) groups excluding carboxylic acids is 2. The number of amides is 1. The molecule has 1 N–H and O–H groups in total. The van der Waals surface area contributed by atoms with Crippen LogP contribution in [0, 0.1) is 0 Å². The van der Waals surface area contributed by atoms with Crippen LogP contribution in [0.15, 0.2) is 30.3 Å². The third-order valence-corrected chi connectivity index (χ3v) is 2.41. The van der Waals surface area contributed by atoms with Gasteiger partial charge in [-0.05, 0) is 5.56 Å². The standard InChI is InChI=1S/C13H17NO4/c1-17-9-8-11(15)14-12(13(16)18-2)10-6-4-3-5-7-10/h3-7,12H,8-9H2,1-2H3,(H,14,15)/t12-/m1/s1.